The fourth-order valence-corrected chi connectivity index (χ4v) is 7.86. The van der Waals surface area contributed by atoms with Crippen molar-refractivity contribution in [1.29, 1.82) is 0 Å². The van der Waals surface area contributed by atoms with Crippen LogP contribution in [-0.4, -0.2) is 24.5 Å². The Hall–Kier alpha value is -7.70. The zero-order chi connectivity index (χ0) is 37.0. The number of fused-ring (bicyclic) bond motifs is 6. The molecule has 4 heterocycles. The monoisotopic (exact) mass is 717 g/mol. The van der Waals surface area contributed by atoms with Gasteiger partial charge in [-0.25, -0.2) is 15.0 Å². The molecule has 11 aromatic rings. The zero-order valence-corrected chi connectivity index (χ0v) is 30.0. The lowest BCUT2D eigenvalue weighted by Gasteiger charge is -2.14. The number of para-hydroxylation sites is 2. The number of benzene rings is 7. The molecule has 0 unspecified atom stereocenters. The van der Waals surface area contributed by atoms with Crippen LogP contribution in [0.5, 0.6) is 0 Å². The van der Waals surface area contributed by atoms with Gasteiger partial charge < -0.3 is 8.98 Å². The van der Waals surface area contributed by atoms with Crippen LogP contribution in [-0.2, 0) is 0 Å². The van der Waals surface area contributed by atoms with E-state index in [2.05, 4.69) is 131 Å². The van der Waals surface area contributed by atoms with Gasteiger partial charge >= 0.3 is 0 Å². The van der Waals surface area contributed by atoms with Crippen LogP contribution in [0.1, 0.15) is 0 Å². The second-order valence-electron chi connectivity index (χ2n) is 13.9. The van der Waals surface area contributed by atoms with Crippen molar-refractivity contribution in [2.75, 3.05) is 0 Å². The maximum Gasteiger partial charge on any atom is 0.166 e. The lowest BCUT2D eigenvalue weighted by molar-refractivity contribution is 0.669. The minimum absolute atomic E-state index is 0.570. The molecule has 0 saturated carbocycles. The average Bonchev–Trinajstić information content (AvgIpc) is 3.82. The van der Waals surface area contributed by atoms with E-state index in [0.717, 1.165) is 88.4 Å². The normalized spacial score (nSPS) is 11.6. The Bertz CT molecular complexity index is 3240. The molecule has 0 spiro atoms. The maximum atomic E-state index is 6.26. The van der Waals surface area contributed by atoms with Crippen LogP contribution in [0.15, 0.2) is 193 Å². The standard InChI is InChI=1S/C50H31N5O/c1-3-11-32(12-4-1)33-19-21-35(22-20-33)49-52-48(34-13-5-2-6-14-34)53-50(54-49)41-27-28-51-31-45(41)55-43-17-9-7-15-38(43)42-29-36(24-26-44(42)55)37-23-25-40-39-16-8-10-18-46(39)56-47(40)30-37/h1-31H. The molecule has 4 aromatic heterocycles. The van der Waals surface area contributed by atoms with E-state index in [1.54, 1.807) is 6.20 Å². The minimum Gasteiger partial charge on any atom is -0.456 e. The lowest BCUT2D eigenvalue weighted by atomic mass is 10.0. The Morgan fingerprint density at radius 1 is 0.375 bits per heavy atom. The third-order valence-corrected chi connectivity index (χ3v) is 10.6. The molecule has 0 aliphatic rings. The number of hydrogen-bond acceptors (Lipinski definition) is 5. The molecule has 0 atom stereocenters. The van der Waals surface area contributed by atoms with E-state index in [9.17, 15) is 0 Å². The van der Waals surface area contributed by atoms with Crippen LogP contribution >= 0.6 is 0 Å². The first-order chi connectivity index (χ1) is 27.7. The van der Waals surface area contributed by atoms with Gasteiger partial charge in [-0.3, -0.25) is 4.98 Å². The zero-order valence-electron chi connectivity index (χ0n) is 30.0. The summed E-state index contributed by atoms with van der Waals surface area (Å²) in [5.41, 5.74) is 12.0. The fraction of sp³-hybridized carbons (Fsp3) is 0. The highest BCUT2D eigenvalue weighted by Crippen LogP contribution is 2.39. The summed E-state index contributed by atoms with van der Waals surface area (Å²) in [6, 6.07) is 60.7. The summed E-state index contributed by atoms with van der Waals surface area (Å²) in [4.78, 5) is 19.9. The Morgan fingerprint density at radius 2 is 0.929 bits per heavy atom. The molecule has 11 rings (SSSR count). The number of rotatable bonds is 6. The van der Waals surface area contributed by atoms with Gasteiger partial charge in [0.05, 0.1) is 22.9 Å². The molecule has 0 radical (unpaired) electrons. The van der Waals surface area contributed by atoms with Gasteiger partial charge in [-0.05, 0) is 64.7 Å². The first kappa shape index (κ1) is 31.8. The van der Waals surface area contributed by atoms with E-state index in [0.29, 0.717) is 17.5 Å². The van der Waals surface area contributed by atoms with Gasteiger partial charge in [0.1, 0.15) is 11.2 Å². The number of furan rings is 1. The molecule has 6 heteroatoms. The highest BCUT2D eigenvalue weighted by atomic mass is 16.3. The van der Waals surface area contributed by atoms with E-state index < -0.39 is 0 Å². The van der Waals surface area contributed by atoms with Crippen molar-refractivity contribution in [3.8, 4) is 62.1 Å². The summed E-state index contributed by atoms with van der Waals surface area (Å²) in [5.74, 6) is 1.78. The molecule has 262 valence electrons. The molecule has 0 bridgehead atoms. The average molecular weight is 718 g/mol. The lowest BCUT2D eigenvalue weighted by Crippen LogP contribution is -2.04. The first-order valence-electron chi connectivity index (χ1n) is 18.6. The van der Waals surface area contributed by atoms with Crippen molar-refractivity contribution in [3.63, 3.8) is 0 Å². The third kappa shape index (κ3) is 5.35. The molecule has 0 aliphatic heterocycles. The van der Waals surface area contributed by atoms with Crippen LogP contribution in [0.4, 0.5) is 0 Å². The topological polar surface area (TPSA) is 69.6 Å². The van der Waals surface area contributed by atoms with Crippen molar-refractivity contribution in [2.45, 2.75) is 0 Å². The number of aromatic nitrogens is 5. The molecule has 0 fully saturated rings. The number of pyridine rings is 1. The highest BCUT2D eigenvalue weighted by Gasteiger charge is 2.20. The largest absolute Gasteiger partial charge is 0.456 e. The Kier molecular flexibility index (Phi) is 7.38. The summed E-state index contributed by atoms with van der Waals surface area (Å²) in [6.07, 6.45) is 3.71. The molecular weight excluding hydrogens is 687 g/mol. The third-order valence-electron chi connectivity index (χ3n) is 10.6. The smallest absolute Gasteiger partial charge is 0.166 e. The predicted molar refractivity (Wildman–Crippen MR) is 226 cm³/mol. The predicted octanol–water partition coefficient (Wildman–Crippen LogP) is 12.6. The van der Waals surface area contributed by atoms with Gasteiger partial charge in [0, 0.05) is 44.4 Å². The van der Waals surface area contributed by atoms with Crippen molar-refractivity contribution < 1.29 is 4.42 Å². The van der Waals surface area contributed by atoms with E-state index in [1.165, 1.54) is 0 Å². The van der Waals surface area contributed by atoms with E-state index >= 15 is 0 Å². The summed E-state index contributed by atoms with van der Waals surface area (Å²) in [5, 5.41) is 4.52. The molecule has 7 aromatic carbocycles. The van der Waals surface area contributed by atoms with Crippen LogP contribution in [0, 0.1) is 0 Å². The Labute approximate surface area is 322 Å². The second kappa shape index (κ2) is 13.0. The molecular formula is C50H31N5O. The van der Waals surface area contributed by atoms with Crippen LogP contribution in [0.3, 0.4) is 0 Å². The Morgan fingerprint density at radius 3 is 1.73 bits per heavy atom. The Balaban J connectivity index is 1.07. The second-order valence-corrected chi connectivity index (χ2v) is 13.9. The van der Waals surface area contributed by atoms with Gasteiger partial charge in [0.15, 0.2) is 17.5 Å². The maximum absolute atomic E-state index is 6.26. The minimum atomic E-state index is 0.570. The van der Waals surface area contributed by atoms with E-state index in [4.69, 9.17) is 19.4 Å². The number of nitrogens with zero attached hydrogens (tertiary/aromatic N) is 5. The molecule has 0 saturated heterocycles. The summed E-state index contributed by atoms with van der Waals surface area (Å²) in [6.45, 7) is 0. The van der Waals surface area contributed by atoms with Crippen molar-refractivity contribution >= 4 is 43.7 Å². The van der Waals surface area contributed by atoms with Gasteiger partial charge in [-0.1, -0.05) is 133 Å². The summed E-state index contributed by atoms with van der Waals surface area (Å²) < 4.78 is 8.54. The van der Waals surface area contributed by atoms with Crippen molar-refractivity contribution in [2.24, 2.45) is 0 Å². The van der Waals surface area contributed by atoms with Crippen molar-refractivity contribution in [3.05, 3.63) is 188 Å². The highest BCUT2D eigenvalue weighted by molar-refractivity contribution is 6.11. The molecule has 0 amide bonds. The molecule has 0 aliphatic carbocycles. The van der Waals surface area contributed by atoms with Gasteiger partial charge in [0.25, 0.3) is 0 Å². The van der Waals surface area contributed by atoms with Crippen molar-refractivity contribution in [1.82, 2.24) is 24.5 Å². The quantitative estimate of drug-likeness (QED) is 0.171. The summed E-state index contributed by atoms with van der Waals surface area (Å²) in [7, 11) is 0. The number of hydrogen-bond donors (Lipinski definition) is 0. The van der Waals surface area contributed by atoms with Gasteiger partial charge in [-0.15, -0.1) is 0 Å². The first-order valence-corrected chi connectivity index (χ1v) is 18.6. The van der Waals surface area contributed by atoms with Gasteiger partial charge in [-0.2, -0.15) is 0 Å². The van der Waals surface area contributed by atoms with E-state index in [-0.39, 0.29) is 0 Å². The summed E-state index contributed by atoms with van der Waals surface area (Å²) >= 11 is 0. The van der Waals surface area contributed by atoms with Crippen LogP contribution < -0.4 is 0 Å². The van der Waals surface area contributed by atoms with E-state index in [1.807, 2.05) is 60.8 Å². The van der Waals surface area contributed by atoms with Crippen LogP contribution in [0.2, 0.25) is 0 Å². The molecule has 6 nitrogen and oxygen atoms in total. The van der Waals surface area contributed by atoms with Crippen LogP contribution in [0.25, 0.3) is 106 Å². The van der Waals surface area contributed by atoms with Gasteiger partial charge in [0.2, 0.25) is 0 Å². The fourth-order valence-electron chi connectivity index (χ4n) is 7.86. The molecule has 0 N–H and O–H groups in total. The molecule has 56 heavy (non-hydrogen) atoms. The SMILES string of the molecule is c1ccc(-c2ccc(-c3nc(-c4ccccc4)nc(-c4ccncc4-n4c5ccccc5c5cc(-c6ccc7c(c6)oc6ccccc67)ccc54)n3)cc2)cc1.